The molecular formula is C13H16N4O2S. The molecule has 0 atom stereocenters. The molecule has 7 heteroatoms. The van der Waals surface area contributed by atoms with E-state index in [1.807, 2.05) is 37.3 Å². The lowest BCUT2D eigenvalue weighted by Crippen LogP contribution is -2.12. The zero-order chi connectivity index (χ0) is 14.2. The van der Waals surface area contributed by atoms with E-state index in [-0.39, 0.29) is 18.3 Å². The Kier molecular flexibility index (Phi) is 5.55. The number of nitrogens with zero attached hydrogens (tertiary/aromatic N) is 4. The summed E-state index contributed by atoms with van der Waals surface area (Å²) in [5.74, 6) is 0.578. The molecule has 0 N–H and O–H groups in total. The zero-order valence-corrected chi connectivity index (χ0v) is 12.0. The first-order chi connectivity index (χ1) is 9.79. The third-order valence-corrected chi connectivity index (χ3v) is 3.49. The maximum atomic E-state index is 11.7. The number of aryl methyl sites for hydroxylation is 1. The fourth-order valence-corrected chi connectivity index (χ4v) is 2.28. The van der Waals surface area contributed by atoms with Gasteiger partial charge in [0.1, 0.15) is 0 Å². The molecule has 0 radical (unpaired) electrons. The first-order valence-corrected chi connectivity index (χ1v) is 7.36. The highest BCUT2D eigenvalue weighted by atomic mass is 32.2. The standard InChI is InChI=1S/C13H16N4O2S/c1-2-8-17-12(14-15-16-17)9-19-13(18)10-20-11-6-4-3-5-7-11/h3-7H,2,8-10H2,1H3. The van der Waals surface area contributed by atoms with Crippen LogP contribution in [-0.2, 0) is 22.7 Å². The molecule has 20 heavy (non-hydrogen) atoms. The molecule has 106 valence electrons. The quantitative estimate of drug-likeness (QED) is 0.573. The highest BCUT2D eigenvalue weighted by molar-refractivity contribution is 8.00. The molecule has 0 saturated carbocycles. The van der Waals surface area contributed by atoms with Crippen LogP contribution in [0, 0.1) is 0 Å². The van der Waals surface area contributed by atoms with Crippen LogP contribution in [0.2, 0.25) is 0 Å². The monoisotopic (exact) mass is 292 g/mol. The average molecular weight is 292 g/mol. The number of aromatic nitrogens is 4. The third kappa shape index (κ3) is 4.34. The van der Waals surface area contributed by atoms with E-state index in [1.165, 1.54) is 11.8 Å². The predicted octanol–water partition coefficient (Wildman–Crippen LogP) is 1.92. The van der Waals surface area contributed by atoms with Crippen LogP contribution in [0.15, 0.2) is 35.2 Å². The van der Waals surface area contributed by atoms with Gasteiger partial charge in [0, 0.05) is 11.4 Å². The second-order valence-corrected chi connectivity index (χ2v) is 5.13. The van der Waals surface area contributed by atoms with Crippen LogP contribution in [0.5, 0.6) is 0 Å². The number of thioether (sulfide) groups is 1. The van der Waals surface area contributed by atoms with Gasteiger partial charge in [0.25, 0.3) is 0 Å². The van der Waals surface area contributed by atoms with E-state index in [4.69, 9.17) is 4.74 Å². The summed E-state index contributed by atoms with van der Waals surface area (Å²) in [6, 6.07) is 9.73. The second-order valence-electron chi connectivity index (χ2n) is 4.08. The van der Waals surface area contributed by atoms with Gasteiger partial charge in [-0.15, -0.1) is 16.9 Å². The molecule has 2 rings (SSSR count). The van der Waals surface area contributed by atoms with Crippen LogP contribution in [0.3, 0.4) is 0 Å². The summed E-state index contributed by atoms with van der Waals surface area (Å²) < 4.78 is 6.82. The zero-order valence-electron chi connectivity index (χ0n) is 11.2. The van der Waals surface area contributed by atoms with Crippen molar-refractivity contribution in [3.63, 3.8) is 0 Å². The van der Waals surface area contributed by atoms with E-state index in [9.17, 15) is 4.79 Å². The fourth-order valence-electron chi connectivity index (χ4n) is 1.56. The van der Waals surface area contributed by atoms with Crippen molar-refractivity contribution in [3.8, 4) is 0 Å². The van der Waals surface area contributed by atoms with Crippen LogP contribution in [0.25, 0.3) is 0 Å². The summed E-state index contributed by atoms with van der Waals surface area (Å²) in [6.45, 7) is 2.87. The summed E-state index contributed by atoms with van der Waals surface area (Å²) in [7, 11) is 0. The van der Waals surface area contributed by atoms with Crippen LogP contribution in [0.4, 0.5) is 0 Å². The van der Waals surface area contributed by atoms with Gasteiger partial charge in [-0.25, -0.2) is 4.68 Å². The summed E-state index contributed by atoms with van der Waals surface area (Å²) in [5, 5.41) is 11.3. The summed E-state index contributed by atoms with van der Waals surface area (Å²) in [5.41, 5.74) is 0. The number of esters is 1. The minimum absolute atomic E-state index is 0.112. The number of benzene rings is 1. The van der Waals surface area contributed by atoms with Gasteiger partial charge in [0.05, 0.1) is 5.75 Å². The van der Waals surface area contributed by atoms with Crippen LogP contribution >= 0.6 is 11.8 Å². The summed E-state index contributed by atoms with van der Waals surface area (Å²) in [6.07, 6.45) is 0.926. The van der Waals surface area contributed by atoms with Gasteiger partial charge in [0.2, 0.25) is 0 Å². The Hall–Kier alpha value is -1.89. The number of hydrogen-bond donors (Lipinski definition) is 0. The Morgan fingerprint density at radius 3 is 2.90 bits per heavy atom. The molecule has 2 aromatic rings. The minimum Gasteiger partial charge on any atom is -0.457 e. The Morgan fingerprint density at radius 2 is 2.15 bits per heavy atom. The van der Waals surface area contributed by atoms with Crippen molar-refractivity contribution in [1.82, 2.24) is 20.2 Å². The lowest BCUT2D eigenvalue weighted by Gasteiger charge is -2.05. The van der Waals surface area contributed by atoms with Gasteiger partial charge in [-0.3, -0.25) is 4.79 Å². The van der Waals surface area contributed by atoms with Gasteiger partial charge in [-0.05, 0) is 29.0 Å². The van der Waals surface area contributed by atoms with Crippen LogP contribution in [0.1, 0.15) is 19.2 Å². The number of rotatable bonds is 7. The fraction of sp³-hybridized carbons (Fsp3) is 0.385. The normalized spacial score (nSPS) is 10.4. The van der Waals surface area contributed by atoms with E-state index < -0.39 is 0 Å². The van der Waals surface area contributed by atoms with Gasteiger partial charge in [-0.2, -0.15) is 0 Å². The van der Waals surface area contributed by atoms with E-state index in [0.717, 1.165) is 17.9 Å². The number of hydrogen-bond acceptors (Lipinski definition) is 6. The third-order valence-electron chi connectivity index (χ3n) is 2.50. The molecule has 0 amide bonds. The Bertz CT molecular complexity index is 544. The van der Waals surface area contributed by atoms with Crippen LogP contribution < -0.4 is 0 Å². The van der Waals surface area contributed by atoms with Gasteiger partial charge in [0.15, 0.2) is 12.4 Å². The molecule has 0 aliphatic rings. The van der Waals surface area contributed by atoms with E-state index in [1.54, 1.807) is 4.68 Å². The lowest BCUT2D eigenvalue weighted by atomic mass is 10.4. The van der Waals surface area contributed by atoms with Crippen molar-refractivity contribution in [2.45, 2.75) is 31.4 Å². The van der Waals surface area contributed by atoms with E-state index >= 15 is 0 Å². The molecule has 0 fully saturated rings. The second kappa shape index (κ2) is 7.64. The molecule has 0 aliphatic carbocycles. The van der Waals surface area contributed by atoms with E-state index in [2.05, 4.69) is 15.5 Å². The Balaban J connectivity index is 1.76. The molecule has 1 aromatic carbocycles. The van der Waals surface area contributed by atoms with Crippen molar-refractivity contribution < 1.29 is 9.53 Å². The molecule has 0 spiro atoms. The topological polar surface area (TPSA) is 69.9 Å². The maximum absolute atomic E-state index is 11.7. The lowest BCUT2D eigenvalue weighted by molar-refractivity contribution is -0.142. The molecule has 0 unspecified atom stereocenters. The van der Waals surface area contributed by atoms with E-state index in [0.29, 0.717) is 5.82 Å². The van der Waals surface area contributed by atoms with Crippen LogP contribution in [-0.4, -0.2) is 31.9 Å². The largest absolute Gasteiger partial charge is 0.457 e. The smallest absolute Gasteiger partial charge is 0.316 e. The van der Waals surface area contributed by atoms with Crippen molar-refractivity contribution in [1.29, 1.82) is 0 Å². The molecule has 6 nitrogen and oxygen atoms in total. The maximum Gasteiger partial charge on any atom is 0.316 e. The first-order valence-electron chi connectivity index (χ1n) is 6.38. The number of ether oxygens (including phenoxy) is 1. The van der Waals surface area contributed by atoms with Crippen molar-refractivity contribution >= 4 is 17.7 Å². The minimum atomic E-state index is -0.273. The Morgan fingerprint density at radius 1 is 1.35 bits per heavy atom. The SMILES string of the molecule is CCCn1nnnc1COC(=O)CSc1ccccc1. The highest BCUT2D eigenvalue weighted by Gasteiger charge is 2.09. The van der Waals surface area contributed by atoms with Crippen molar-refractivity contribution in [2.75, 3.05) is 5.75 Å². The van der Waals surface area contributed by atoms with Crippen molar-refractivity contribution in [2.24, 2.45) is 0 Å². The molecule has 0 aliphatic heterocycles. The van der Waals surface area contributed by atoms with Crippen molar-refractivity contribution in [3.05, 3.63) is 36.2 Å². The number of carbonyl (C=O) groups excluding carboxylic acids is 1. The highest BCUT2D eigenvalue weighted by Crippen LogP contribution is 2.16. The van der Waals surface area contributed by atoms with Gasteiger partial charge < -0.3 is 4.74 Å². The molecule has 0 bridgehead atoms. The summed E-state index contributed by atoms with van der Waals surface area (Å²) >= 11 is 1.45. The molecule has 0 saturated heterocycles. The first kappa shape index (κ1) is 14.5. The van der Waals surface area contributed by atoms with Gasteiger partial charge in [-0.1, -0.05) is 25.1 Å². The average Bonchev–Trinajstić information content (AvgIpc) is 2.92. The predicted molar refractivity (Wildman–Crippen MR) is 75.1 cm³/mol. The molecule has 1 heterocycles. The Labute approximate surface area is 121 Å². The summed E-state index contributed by atoms with van der Waals surface area (Å²) in [4.78, 5) is 12.7. The van der Waals surface area contributed by atoms with Gasteiger partial charge >= 0.3 is 5.97 Å². The molecule has 1 aromatic heterocycles. The number of tetrazole rings is 1. The number of carbonyl (C=O) groups is 1. The molecular weight excluding hydrogens is 276 g/mol.